The van der Waals surface area contributed by atoms with Crippen LogP contribution in [0.25, 0.3) is 0 Å². The summed E-state index contributed by atoms with van der Waals surface area (Å²) < 4.78 is 0. The quantitative estimate of drug-likeness (QED) is 0.728. The van der Waals surface area contributed by atoms with Gasteiger partial charge in [0.2, 0.25) is 0 Å². The largest absolute Gasteiger partial charge is 0.298 e. The van der Waals surface area contributed by atoms with E-state index in [4.69, 9.17) is 5.26 Å². The van der Waals surface area contributed by atoms with Crippen LogP contribution >= 0.6 is 0 Å². The first-order chi connectivity index (χ1) is 7.85. The van der Waals surface area contributed by atoms with E-state index in [0.29, 0.717) is 12.5 Å². The van der Waals surface area contributed by atoms with Crippen LogP contribution in [0.5, 0.6) is 0 Å². The minimum atomic E-state index is 0.495. The number of piperazine rings is 1. The molecular weight excluding hydrogens is 198 g/mol. The van der Waals surface area contributed by atoms with E-state index in [1.165, 1.54) is 38.9 Å². The van der Waals surface area contributed by atoms with Crippen LogP contribution in [0.4, 0.5) is 0 Å². The fraction of sp³-hybridized carbons (Fsp3) is 0.923. The molecule has 0 saturated carbocycles. The van der Waals surface area contributed by atoms with E-state index in [-0.39, 0.29) is 0 Å². The highest BCUT2D eigenvalue weighted by atomic mass is 15.3. The fourth-order valence-electron chi connectivity index (χ4n) is 3.15. The third-order valence-corrected chi connectivity index (χ3v) is 4.18. The summed E-state index contributed by atoms with van der Waals surface area (Å²) in [5, 5.41) is 8.84. The van der Waals surface area contributed by atoms with Gasteiger partial charge in [0, 0.05) is 31.7 Å². The summed E-state index contributed by atoms with van der Waals surface area (Å²) in [5.41, 5.74) is 0. The van der Waals surface area contributed by atoms with Crippen molar-refractivity contribution in [2.45, 2.75) is 51.1 Å². The molecule has 2 saturated heterocycles. The van der Waals surface area contributed by atoms with E-state index in [1.54, 1.807) is 0 Å². The summed E-state index contributed by atoms with van der Waals surface area (Å²) >= 11 is 0. The normalized spacial score (nSPS) is 29.4. The minimum absolute atomic E-state index is 0.495. The standard InChI is InChI=1S/C13H23N3/c1-2-12(6-7-14)16-10-9-15-8-4-3-5-13(15)11-16/h12-13H,2-6,8-11H2,1H3. The lowest BCUT2D eigenvalue weighted by Gasteiger charge is -2.46. The molecule has 0 spiro atoms. The maximum absolute atomic E-state index is 8.84. The Morgan fingerprint density at radius 1 is 1.31 bits per heavy atom. The first-order valence-electron chi connectivity index (χ1n) is 6.70. The number of hydrogen-bond donors (Lipinski definition) is 0. The second-order valence-electron chi connectivity index (χ2n) is 5.10. The van der Waals surface area contributed by atoms with Gasteiger partial charge in [0.1, 0.15) is 0 Å². The number of nitriles is 1. The van der Waals surface area contributed by atoms with Gasteiger partial charge in [-0.05, 0) is 25.8 Å². The van der Waals surface area contributed by atoms with Gasteiger partial charge >= 0.3 is 0 Å². The Labute approximate surface area is 99.0 Å². The van der Waals surface area contributed by atoms with Gasteiger partial charge in [-0.25, -0.2) is 0 Å². The van der Waals surface area contributed by atoms with Crippen LogP contribution in [0, 0.1) is 11.3 Å². The number of rotatable bonds is 3. The molecule has 2 unspecified atom stereocenters. The molecule has 90 valence electrons. The Hall–Kier alpha value is -0.590. The maximum Gasteiger partial charge on any atom is 0.0638 e. The molecule has 2 atom stereocenters. The van der Waals surface area contributed by atoms with Crippen LogP contribution in [-0.2, 0) is 0 Å². The van der Waals surface area contributed by atoms with E-state index in [9.17, 15) is 0 Å². The molecule has 2 aliphatic heterocycles. The molecule has 3 heteroatoms. The van der Waals surface area contributed by atoms with Gasteiger partial charge in [-0.1, -0.05) is 13.3 Å². The van der Waals surface area contributed by atoms with Gasteiger partial charge in [-0.3, -0.25) is 9.80 Å². The molecule has 0 amide bonds. The molecule has 0 aliphatic carbocycles. The topological polar surface area (TPSA) is 30.3 Å². The average Bonchev–Trinajstić information content (AvgIpc) is 2.35. The SMILES string of the molecule is CCC(CC#N)N1CCN2CCCCC2C1. The highest BCUT2D eigenvalue weighted by Crippen LogP contribution is 2.23. The van der Waals surface area contributed by atoms with Crippen LogP contribution in [0.1, 0.15) is 39.0 Å². The van der Waals surface area contributed by atoms with Crippen LogP contribution in [0.3, 0.4) is 0 Å². The monoisotopic (exact) mass is 221 g/mol. The Bertz CT molecular complexity index is 258. The third-order valence-electron chi connectivity index (χ3n) is 4.18. The second kappa shape index (κ2) is 5.65. The zero-order valence-electron chi connectivity index (χ0n) is 10.4. The molecular formula is C13H23N3. The lowest BCUT2D eigenvalue weighted by atomic mass is 9.97. The molecule has 0 aromatic rings. The van der Waals surface area contributed by atoms with Gasteiger partial charge in [0.05, 0.1) is 12.5 Å². The number of hydrogen-bond acceptors (Lipinski definition) is 3. The van der Waals surface area contributed by atoms with Crippen LogP contribution < -0.4 is 0 Å². The molecule has 0 bridgehead atoms. The van der Waals surface area contributed by atoms with Crippen molar-refractivity contribution in [3.05, 3.63) is 0 Å². The van der Waals surface area contributed by atoms with Gasteiger partial charge in [-0.2, -0.15) is 5.26 Å². The van der Waals surface area contributed by atoms with Crippen molar-refractivity contribution < 1.29 is 0 Å². The predicted octanol–water partition coefficient (Wildman–Crippen LogP) is 1.85. The van der Waals surface area contributed by atoms with Gasteiger partial charge in [-0.15, -0.1) is 0 Å². The number of nitrogens with zero attached hydrogens (tertiary/aromatic N) is 3. The highest BCUT2D eigenvalue weighted by molar-refractivity contribution is 4.90. The molecule has 16 heavy (non-hydrogen) atoms. The lowest BCUT2D eigenvalue weighted by molar-refractivity contribution is 0.0273. The Kier molecular flexibility index (Phi) is 4.20. The first-order valence-corrected chi connectivity index (χ1v) is 6.70. The molecule has 2 aliphatic rings. The summed E-state index contributed by atoms with van der Waals surface area (Å²) in [7, 11) is 0. The van der Waals surface area contributed by atoms with Gasteiger partial charge < -0.3 is 0 Å². The van der Waals surface area contributed by atoms with Crippen molar-refractivity contribution in [2.75, 3.05) is 26.2 Å². The van der Waals surface area contributed by atoms with Crippen LogP contribution in [0.2, 0.25) is 0 Å². The average molecular weight is 221 g/mol. The molecule has 0 aromatic heterocycles. The smallest absolute Gasteiger partial charge is 0.0638 e. The zero-order chi connectivity index (χ0) is 11.4. The van der Waals surface area contributed by atoms with Crippen molar-refractivity contribution in [1.82, 2.24) is 9.80 Å². The molecule has 2 rings (SSSR count). The first kappa shape index (κ1) is 11.9. The van der Waals surface area contributed by atoms with Crippen LogP contribution in [-0.4, -0.2) is 48.1 Å². The fourth-order valence-corrected chi connectivity index (χ4v) is 3.15. The predicted molar refractivity (Wildman–Crippen MR) is 65.1 cm³/mol. The second-order valence-corrected chi connectivity index (χ2v) is 5.10. The van der Waals surface area contributed by atoms with E-state index < -0.39 is 0 Å². The number of piperidine rings is 1. The Morgan fingerprint density at radius 2 is 2.19 bits per heavy atom. The van der Waals surface area contributed by atoms with Gasteiger partial charge in [0.15, 0.2) is 0 Å². The molecule has 2 fully saturated rings. The Balaban J connectivity index is 1.91. The molecule has 0 N–H and O–H groups in total. The van der Waals surface area contributed by atoms with E-state index in [1.807, 2.05) is 0 Å². The van der Waals surface area contributed by atoms with Crippen molar-refractivity contribution in [1.29, 1.82) is 5.26 Å². The molecule has 0 aromatic carbocycles. The summed E-state index contributed by atoms with van der Waals surface area (Å²) in [6.45, 7) is 7.08. The van der Waals surface area contributed by atoms with E-state index in [0.717, 1.165) is 19.0 Å². The van der Waals surface area contributed by atoms with E-state index >= 15 is 0 Å². The maximum atomic E-state index is 8.84. The zero-order valence-corrected chi connectivity index (χ0v) is 10.4. The number of fused-ring (bicyclic) bond motifs is 1. The van der Waals surface area contributed by atoms with Crippen molar-refractivity contribution in [2.24, 2.45) is 0 Å². The molecule has 3 nitrogen and oxygen atoms in total. The van der Waals surface area contributed by atoms with Crippen LogP contribution in [0.15, 0.2) is 0 Å². The molecule has 0 radical (unpaired) electrons. The highest BCUT2D eigenvalue weighted by Gasteiger charge is 2.31. The molecule has 2 heterocycles. The van der Waals surface area contributed by atoms with Gasteiger partial charge in [0.25, 0.3) is 0 Å². The lowest BCUT2D eigenvalue weighted by Crippen LogP contribution is -2.57. The summed E-state index contributed by atoms with van der Waals surface area (Å²) in [6, 6.07) is 3.60. The summed E-state index contributed by atoms with van der Waals surface area (Å²) in [6.07, 6.45) is 5.94. The summed E-state index contributed by atoms with van der Waals surface area (Å²) in [4.78, 5) is 5.20. The van der Waals surface area contributed by atoms with Crippen molar-refractivity contribution in [3.8, 4) is 6.07 Å². The summed E-state index contributed by atoms with van der Waals surface area (Å²) in [5.74, 6) is 0. The minimum Gasteiger partial charge on any atom is -0.298 e. The van der Waals surface area contributed by atoms with E-state index in [2.05, 4.69) is 22.8 Å². The third kappa shape index (κ3) is 2.56. The van der Waals surface area contributed by atoms with Crippen molar-refractivity contribution in [3.63, 3.8) is 0 Å². The van der Waals surface area contributed by atoms with Crippen molar-refractivity contribution >= 4 is 0 Å². The Morgan fingerprint density at radius 3 is 2.94 bits per heavy atom.